The van der Waals surface area contributed by atoms with Crippen LogP contribution in [0.3, 0.4) is 0 Å². The van der Waals surface area contributed by atoms with Crippen molar-refractivity contribution in [3.63, 3.8) is 0 Å². The summed E-state index contributed by atoms with van der Waals surface area (Å²) in [4.78, 5) is 15.4. The van der Waals surface area contributed by atoms with Gasteiger partial charge in [0.1, 0.15) is 0 Å². The molecule has 3 aromatic carbocycles. The Labute approximate surface area is 211 Å². The Morgan fingerprint density at radius 1 is 0.829 bits per heavy atom. The van der Waals surface area contributed by atoms with Gasteiger partial charge in [0.15, 0.2) is 14.4 Å². The smallest absolute Gasteiger partial charge is 0.254 e. The third-order valence-electron chi connectivity index (χ3n) is 7.33. The van der Waals surface area contributed by atoms with Gasteiger partial charge in [-0.05, 0) is 34.8 Å². The van der Waals surface area contributed by atoms with Gasteiger partial charge in [0, 0.05) is 6.54 Å². The SMILES string of the molecule is CC(C)(C)[Si](C)(C)O[C@@H](c1ccccc1)[C@@H]1[C@@H](OCc2ccccc2)C(=O)N1Cc1ccccc1. The fraction of sp³-hybridized carbons (Fsp3) is 0.367. The zero-order valence-corrected chi connectivity index (χ0v) is 22.5. The summed E-state index contributed by atoms with van der Waals surface area (Å²) in [6, 6.07) is 30.3. The number of rotatable bonds is 9. The molecule has 5 heteroatoms. The molecule has 184 valence electrons. The van der Waals surface area contributed by atoms with Gasteiger partial charge in [-0.25, -0.2) is 0 Å². The standard InChI is InChI=1S/C30H37NO3Si/c1-30(2,3)35(4,5)34-27(25-19-13-8-14-20-25)26-28(33-22-24-17-11-7-12-18-24)29(32)31(26)21-23-15-9-6-10-16-23/h6-20,26-28H,21-22H2,1-5H3/t26-,27+,28-/m1/s1. The molecule has 0 spiro atoms. The second-order valence-corrected chi connectivity index (χ2v) is 15.6. The largest absolute Gasteiger partial charge is 0.408 e. The summed E-state index contributed by atoms with van der Waals surface area (Å²) in [5.74, 6) is 0.0227. The van der Waals surface area contributed by atoms with Gasteiger partial charge in [0.2, 0.25) is 0 Å². The summed E-state index contributed by atoms with van der Waals surface area (Å²) in [7, 11) is -2.15. The van der Waals surface area contributed by atoms with Crippen molar-refractivity contribution in [1.82, 2.24) is 4.90 Å². The van der Waals surface area contributed by atoms with E-state index in [1.165, 1.54) is 0 Å². The van der Waals surface area contributed by atoms with E-state index < -0.39 is 14.4 Å². The summed E-state index contributed by atoms with van der Waals surface area (Å²) in [6.45, 7) is 12.2. The molecule has 1 heterocycles. The number of hydrogen-bond acceptors (Lipinski definition) is 3. The maximum Gasteiger partial charge on any atom is 0.254 e. The summed E-state index contributed by atoms with van der Waals surface area (Å²) >= 11 is 0. The van der Waals surface area contributed by atoms with Crippen LogP contribution in [0.4, 0.5) is 0 Å². The Balaban J connectivity index is 1.68. The van der Waals surface area contributed by atoms with Crippen molar-refractivity contribution < 1.29 is 14.0 Å². The fourth-order valence-corrected chi connectivity index (χ4v) is 5.49. The van der Waals surface area contributed by atoms with Crippen LogP contribution in [-0.4, -0.2) is 31.3 Å². The van der Waals surface area contributed by atoms with Crippen molar-refractivity contribution in [3.8, 4) is 0 Å². The van der Waals surface area contributed by atoms with E-state index in [4.69, 9.17) is 9.16 Å². The van der Waals surface area contributed by atoms with Crippen molar-refractivity contribution in [2.24, 2.45) is 0 Å². The lowest BCUT2D eigenvalue weighted by Gasteiger charge is -2.52. The number of β-lactam (4-membered cyclic amide) rings is 1. The Kier molecular flexibility index (Phi) is 7.60. The summed E-state index contributed by atoms with van der Waals surface area (Å²) in [5, 5.41) is 0.0401. The lowest BCUT2D eigenvalue weighted by Crippen LogP contribution is -2.68. The van der Waals surface area contributed by atoms with Crippen LogP contribution in [-0.2, 0) is 27.1 Å². The van der Waals surface area contributed by atoms with Crippen molar-refractivity contribution in [3.05, 3.63) is 108 Å². The molecule has 3 atom stereocenters. The number of nitrogens with zero attached hydrogens (tertiary/aromatic N) is 1. The number of likely N-dealkylation sites (tertiary alicyclic amines) is 1. The van der Waals surface area contributed by atoms with Gasteiger partial charge in [-0.3, -0.25) is 4.79 Å². The number of amides is 1. The molecule has 0 aromatic heterocycles. The first kappa shape index (κ1) is 25.4. The Morgan fingerprint density at radius 3 is 1.89 bits per heavy atom. The summed E-state index contributed by atoms with van der Waals surface area (Å²) in [6.07, 6.45) is -0.812. The minimum atomic E-state index is -2.15. The monoisotopic (exact) mass is 487 g/mol. The topological polar surface area (TPSA) is 38.8 Å². The highest BCUT2D eigenvalue weighted by Gasteiger charge is 2.54. The van der Waals surface area contributed by atoms with E-state index in [1.807, 2.05) is 71.6 Å². The Hall–Kier alpha value is -2.73. The molecule has 4 rings (SSSR count). The molecule has 4 nitrogen and oxygen atoms in total. The molecule has 1 fully saturated rings. The van der Waals surface area contributed by atoms with E-state index in [1.54, 1.807) is 0 Å². The van der Waals surface area contributed by atoms with E-state index in [-0.39, 0.29) is 23.1 Å². The van der Waals surface area contributed by atoms with Crippen molar-refractivity contribution in [1.29, 1.82) is 0 Å². The zero-order valence-electron chi connectivity index (χ0n) is 21.5. The van der Waals surface area contributed by atoms with Gasteiger partial charge >= 0.3 is 0 Å². The molecule has 0 saturated carbocycles. The molecular weight excluding hydrogens is 450 g/mol. The van der Waals surface area contributed by atoms with E-state index in [0.29, 0.717) is 13.2 Å². The highest BCUT2D eigenvalue weighted by atomic mass is 28.4. The van der Waals surface area contributed by atoms with Crippen molar-refractivity contribution >= 4 is 14.2 Å². The summed E-state index contributed by atoms with van der Waals surface area (Å²) in [5.41, 5.74) is 3.25. The van der Waals surface area contributed by atoms with Gasteiger partial charge in [0.25, 0.3) is 5.91 Å². The van der Waals surface area contributed by atoms with Gasteiger partial charge in [-0.2, -0.15) is 0 Å². The maximum atomic E-state index is 13.5. The third-order valence-corrected chi connectivity index (χ3v) is 11.8. The second-order valence-electron chi connectivity index (χ2n) is 10.9. The zero-order chi connectivity index (χ0) is 25.1. The lowest BCUT2D eigenvalue weighted by molar-refractivity contribution is -0.188. The quantitative estimate of drug-likeness (QED) is 0.248. The predicted molar refractivity (Wildman–Crippen MR) is 143 cm³/mol. The first-order valence-corrected chi connectivity index (χ1v) is 15.3. The second kappa shape index (κ2) is 10.5. The highest BCUT2D eigenvalue weighted by Crippen LogP contribution is 2.44. The molecule has 3 aromatic rings. The number of carbonyl (C=O) groups excluding carboxylic acids is 1. The average Bonchev–Trinajstić information content (AvgIpc) is 2.85. The third kappa shape index (κ3) is 5.75. The predicted octanol–water partition coefficient (Wildman–Crippen LogP) is 6.75. The first-order chi connectivity index (χ1) is 16.7. The van der Waals surface area contributed by atoms with E-state index in [2.05, 4.69) is 58.1 Å². The van der Waals surface area contributed by atoms with Crippen LogP contribution in [0.1, 0.15) is 43.6 Å². The number of hydrogen-bond donors (Lipinski definition) is 0. The van der Waals surface area contributed by atoms with E-state index in [9.17, 15) is 4.79 Å². The molecule has 1 amide bonds. The van der Waals surface area contributed by atoms with Crippen LogP contribution in [0, 0.1) is 0 Å². The molecule has 1 saturated heterocycles. The molecule has 0 radical (unpaired) electrons. The normalized spacial score (nSPS) is 19.3. The van der Waals surface area contributed by atoms with Crippen molar-refractivity contribution in [2.45, 2.75) is 70.3 Å². The van der Waals surface area contributed by atoms with Crippen LogP contribution in [0.5, 0.6) is 0 Å². The van der Waals surface area contributed by atoms with Crippen molar-refractivity contribution in [2.75, 3.05) is 0 Å². The van der Waals surface area contributed by atoms with E-state index >= 15 is 0 Å². The van der Waals surface area contributed by atoms with Crippen LogP contribution in [0.2, 0.25) is 18.1 Å². The van der Waals surface area contributed by atoms with E-state index in [0.717, 1.165) is 16.7 Å². The molecule has 0 unspecified atom stereocenters. The molecule has 0 bridgehead atoms. The first-order valence-electron chi connectivity index (χ1n) is 12.4. The minimum Gasteiger partial charge on any atom is -0.408 e. The van der Waals surface area contributed by atoms with Crippen LogP contribution in [0.15, 0.2) is 91.0 Å². The highest BCUT2D eigenvalue weighted by molar-refractivity contribution is 6.74. The molecule has 0 aliphatic carbocycles. The van der Waals surface area contributed by atoms with Gasteiger partial charge in [0.05, 0.1) is 18.8 Å². The van der Waals surface area contributed by atoms with Crippen LogP contribution >= 0.6 is 0 Å². The minimum absolute atomic E-state index is 0.0227. The molecular formula is C30H37NO3Si. The summed E-state index contributed by atoms with van der Waals surface area (Å²) < 4.78 is 13.4. The van der Waals surface area contributed by atoms with Gasteiger partial charge in [-0.15, -0.1) is 0 Å². The van der Waals surface area contributed by atoms with Crippen LogP contribution in [0.25, 0.3) is 0 Å². The van der Waals surface area contributed by atoms with Crippen LogP contribution < -0.4 is 0 Å². The molecule has 35 heavy (non-hydrogen) atoms. The van der Waals surface area contributed by atoms with Gasteiger partial charge < -0.3 is 14.1 Å². The maximum absolute atomic E-state index is 13.5. The van der Waals surface area contributed by atoms with Gasteiger partial charge in [-0.1, -0.05) is 112 Å². The number of benzene rings is 3. The Morgan fingerprint density at radius 2 is 1.34 bits per heavy atom. The molecule has 1 aliphatic heterocycles. The average molecular weight is 488 g/mol. The lowest BCUT2D eigenvalue weighted by atomic mass is 9.88. The molecule has 0 N–H and O–H groups in total. The fourth-order valence-electron chi connectivity index (χ4n) is 4.23. The number of ether oxygens (including phenoxy) is 1. The Bertz CT molecular complexity index is 1100. The number of carbonyl (C=O) groups is 1. The molecule has 1 aliphatic rings.